The Morgan fingerprint density at radius 1 is 1.06 bits per heavy atom. The van der Waals surface area contributed by atoms with Crippen molar-refractivity contribution in [1.29, 1.82) is 0 Å². The molecule has 0 saturated heterocycles. The second kappa shape index (κ2) is 10.6. The van der Waals surface area contributed by atoms with Crippen LogP contribution in [0, 0.1) is 5.82 Å². The van der Waals surface area contributed by atoms with Crippen LogP contribution in [0.1, 0.15) is 54.7 Å². The van der Waals surface area contributed by atoms with E-state index in [1.54, 1.807) is 19.2 Å². The van der Waals surface area contributed by atoms with Crippen LogP contribution >= 0.6 is 0 Å². The van der Waals surface area contributed by atoms with Crippen molar-refractivity contribution in [3.8, 4) is 22.6 Å². The first kappa shape index (κ1) is 23.6. The van der Waals surface area contributed by atoms with Crippen LogP contribution in [0.3, 0.4) is 0 Å². The molecule has 4 rings (SSSR count). The molecule has 1 aliphatic carbocycles. The molecule has 0 unspecified atom stereocenters. The molecular formula is C29H29FO4. The molecule has 0 heterocycles. The maximum atomic E-state index is 14.7. The smallest absolute Gasteiger partial charge is 0.304 e. The Kier molecular flexibility index (Phi) is 7.31. The van der Waals surface area contributed by atoms with Crippen LogP contribution in [0.2, 0.25) is 0 Å². The first-order chi connectivity index (χ1) is 16.5. The summed E-state index contributed by atoms with van der Waals surface area (Å²) in [4.78, 5) is 11.2. The first-order valence-corrected chi connectivity index (χ1v) is 11.5. The van der Waals surface area contributed by atoms with E-state index in [0.29, 0.717) is 29.6 Å². The van der Waals surface area contributed by atoms with E-state index in [1.165, 1.54) is 6.07 Å². The highest BCUT2D eigenvalue weighted by atomic mass is 19.1. The fourth-order valence-corrected chi connectivity index (χ4v) is 4.21. The van der Waals surface area contributed by atoms with Gasteiger partial charge in [-0.3, -0.25) is 4.79 Å². The van der Waals surface area contributed by atoms with Gasteiger partial charge in [-0.2, -0.15) is 0 Å². The van der Waals surface area contributed by atoms with Crippen molar-refractivity contribution in [2.24, 2.45) is 0 Å². The number of carboxylic acid groups (broad SMARTS) is 1. The summed E-state index contributed by atoms with van der Waals surface area (Å²) in [5.74, 6) is 0.512. The van der Waals surface area contributed by atoms with Gasteiger partial charge in [0.05, 0.1) is 13.5 Å². The number of methoxy groups -OCH3 is 1. The number of benzene rings is 3. The van der Waals surface area contributed by atoms with Crippen molar-refractivity contribution in [3.05, 3.63) is 95.3 Å². The zero-order valence-electron chi connectivity index (χ0n) is 19.5. The Labute approximate surface area is 199 Å². The summed E-state index contributed by atoms with van der Waals surface area (Å²) < 4.78 is 26.1. The minimum Gasteiger partial charge on any atom is -0.497 e. The number of carbonyl (C=O) groups is 1. The predicted molar refractivity (Wildman–Crippen MR) is 131 cm³/mol. The monoisotopic (exact) mass is 460 g/mol. The van der Waals surface area contributed by atoms with Crippen molar-refractivity contribution in [1.82, 2.24) is 0 Å². The van der Waals surface area contributed by atoms with Crippen molar-refractivity contribution in [3.63, 3.8) is 0 Å². The molecule has 0 bridgehead atoms. The lowest BCUT2D eigenvalue weighted by Crippen LogP contribution is -2.04. The number of aliphatic carboxylic acids is 1. The number of halogens is 1. The van der Waals surface area contributed by atoms with Crippen LogP contribution in [-0.4, -0.2) is 18.2 Å². The van der Waals surface area contributed by atoms with Crippen molar-refractivity contribution in [2.75, 3.05) is 7.11 Å². The van der Waals surface area contributed by atoms with Gasteiger partial charge < -0.3 is 14.6 Å². The van der Waals surface area contributed by atoms with Gasteiger partial charge in [-0.15, -0.1) is 0 Å². The largest absolute Gasteiger partial charge is 0.497 e. The number of rotatable bonds is 10. The molecule has 1 aliphatic rings. The molecule has 1 fully saturated rings. The normalized spacial score (nSPS) is 14.2. The Hall–Kier alpha value is -3.60. The SMILES string of the molecule is C/C=C\[C@H](CC(=O)O)c1ccc(OCc2ccc(C3CC3)c(-c3cc(OC)ccc3F)c2)cc1. The second-order valence-corrected chi connectivity index (χ2v) is 8.63. The zero-order chi connectivity index (χ0) is 24.1. The molecule has 0 aromatic heterocycles. The molecule has 5 heteroatoms. The highest BCUT2D eigenvalue weighted by Gasteiger charge is 2.27. The number of hydrogen-bond donors (Lipinski definition) is 1. The average molecular weight is 461 g/mol. The lowest BCUT2D eigenvalue weighted by Gasteiger charge is -2.15. The van der Waals surface area contributed by atoms with E-state index in [4.69, 9.17) is 14.6 Å². The van der Waals surface area contributed by atoms with Gasteiger partial charge >= 0.3 is 5.97 Å². The maximum absolute atomic E-state index is 14.7. The van der Waals surface area contributed by atoms with Crippen molar-refractivity contribution >= 4 is 5.97 Å². The molecule has 0 spiro atoms. The van der Waals surface area contributed by atoms with Crippen LogP contribution in [-0.2, 0) is 11.4 Å². The van der Waals surface area contributed by atoms with Gasteiger partial charge in [0.15, 0.2) is 0 Å². The fraction of sp³-hybridized carbons (Fsp3) is 0.276. The van der Waals surface area contributed by atoms with E-state index in [-0.39, 0.29) is 18.2 Å². The quantitative estimate of drug-likeness (QED) is 0.328. The number of ether oxygens (including phenoxy) is 2. The van der Waals surface area contributed by atoms with Gasteiger partial charge in [0, 0.05) is 11.5 Å². The second-order valence-electron chi connectivity index (χ2n) is 8.63. The standard InChI is InChI=1S/C29H29FO4/c1-3-4-22(16-29(31)32)20-8-10-23(11-9-20)34-18-19-5-13-25(21-6-7-21)26(15-19)27-17-24(33-2)12-14-28(27)30/h3-5,8-15,17,21-22H,6-7,16,18H2,1-2H3,(H,31,32)/b4-3-/t22-/m1/s1. The lowest BCUT2D eigenvalue weighted by molar-refractivity contribution is -0.137. The molecule has 34 heavy (non-hydrogen) atoms. The Morgan fingerprint density at radius 2 is 1.79 bits per heavy atom. The lowest BCUT2D eigenvalue weighted by atomic mass is 9.94. The average Bonchev–Trinajstić information content (AvgIpc) is 3.68. The third-order valence-electron chi connectivity index (χ3n) is 6.13. The van der Waals surface area contributed by atoms with Crippen LogP contribution in [0.25, 0.3) is 11.1 Å². The van der Waals surface area contributed by atoms with Crippen LogP contribution in [0.15, 0.2) is 72.8 Å². The van der Waals surface area contributed by atoms with Gasteiger partial charge in [-0.1, -0.05) is 36.4 Å². The number of hydrogen-bond acceptors (Lipinski definition) is 3. The summed E-state index contributed by atoms with van der Waals surface area (Å²) in [6.45, 7) is 2.22. The molecular weight excluding hydrogens is 431 g/mol. The van der Waals surface area contributed by atoms with Gasteiger partial charge in [-0.25, -0.2) is 4.39 Å². The van der Waals surface area contributed by atoms with E-state index in [9.17, 15) is 9.18 Å². The van der Waals surface area contributed by atoms with Crippen LogP contribution in [0.4, 0.5) is 4.39 Å². The molecule has 0 aliphatic heterocycles. The molecule has 176 valence electrons. The molecule has 3 aromatic rings. The molecule has 1 N–H and O–H groups in total. The molecule has 1 saturated carbocycles. The molecule has 4 nitrogen and oxygen atoms in total. The Morgan fingerprint density at radius 3 is 2.44 bits per heavy atom. The van der Waals surface area contributed by atoms with Crippen LogP contribution < -0.4 is 9.47 Å². The van der Waals surface area contributed by atoms with E-state index in [1.807, 2.05) is 55.5 Å². The summed E-state index contributed by atoms with van der Waals surface area (Å²) in [6, 6.07) is 18.5. The summed E-state index contributed by atoms with van der Waals surface area (Å²) in [5, 5.41) is 9.16. The number of allylic oxidation sites excluding steroid dienone is 2. The van der Waals surface area contributed by atoms with E-state index in [2.05, 4.69) is 6.07 Å². The molecule has 3 aromatic carbocycles. The van der Waals surface area contributed by atoms with E-state index in [0.717, 1.165) is 35.1 Å². The van der Waals surface area contributed by atoms with E-state index >= 15 is 0 Å². The van der Waals surface area contributed by atoms with Crippen molar-refractivity contribution in [2.45, 2.75) is 44.6 Å². The van der Waals surface area contributed by atoms with E-state index < -0.39 is 5.97 Å². The minimum absolute atomic E-state index is 0.0431. The summed E-state index contributed by atoms with van der Waals surface area (Å²) in [6.07, 6.45) is 6.05. The highest BCUT2D eigenvalue weighted by molar-refractivity contribution is 5.71. The molecule has 0 amide bonds. The third kappa shape index (κ3) is 5.66. The van der Waals surface area contributed by atoms with Gasteiger partial charge in [-0.05, 0) is 84.3 Å². The fourth-order valence-electron chi connectivity index (χ4n) is 4.21. The number of carboxylic acids is 1. The van der Waals surface area contributed by atoms with Gasteiger partial charge in [0.2, 0.25) is 0 Å². The first-order valence-electron chi connectivity index (χ1n) is 11.5. The van der Waals surface area contributed by atoms with Gasteiger partial charge in [0.1, 0.15) is 23.9 Å². The predicted octanol–water partition coefficient (Wildman–Crippen LogP) is 7.09. The zero-order valence-corrected chi connectivity index (χ0v) is 19.5. The van der Waals surface area contributed by atoms with Crippen LogP contribution in [0.5, 0.6) is 11.5 Å². The Balaban J connectivity index is 1.53. The summed E-state index contributed by atoms with van der Waals surface area (Å²) >= 11 is 0. The highest BCUT2D eigenvalue weighted by Crippen LogP contribution is 2.45. The molecule has 0 radical (unpaired) electrons. The van der Waals surface area contributed by atoms with Gasteiger partial charge in [0.25, 0.3) is 0 Å². The maximum Gasteiger partial charge on any atom is 0.304 e. The summed E-state index contributed by atoms with van der Waals surface area (Å²) in [5.41, 5.74) is 4.47. The minimum atomic E-state index is -0.832. The Bertz CT molecular complexity index is 1180. The summed E-state index contributed by atoms with van der Waals surface area (Å²) in [7, 11) is 1.58. The topological polar surface area (TPSA) is 55.8 Å². The van der Waals surface area contributed by atoms with Crippen molar-refractivity contribution < 1.29 is 23.8 Å². The third-order valence-corrected chi connectivity index (χ3v) is 6.13. The molecule has 1 atom stereocenters.